The predicted octanol–water partition coefficient (Wildman–Crippen LogP) is 1.95. The second-order valence-electron chi connectivity index (χ2n) is 2.61. The Balaban J connectivity index is 2.96. The molecule has 72 valence electrons. The minimum absolute atomic E-state index is 0.146. The van der Waals surface area contributed by atoms with E-state index in [1.165, 1.54) is 18.2 Å². The van der Waals surface area contributed by atoms with Crippen LogP contribution in [-0.4, -0.2) is 11.3 Å². The number of benzene rings is 1. The normalized spacial score (nSPS) is 14.2. The highest BCUT2D eigenvalue weighted by molar-refractivity contribution is 5.29. The van der Waals surface area contributed by atoms with Gasteiger partial charge in [0.15, 0.2) is 0 Å². The van der Waals surface area contributed by atoms with Crippen LogP contribution >= 0.6 is 0 Å². The SMILES string of the molecule is N[C@H](c1cccc(O)c1)C(F)(F)F. The van der Waals surface area contributed by atoms with Crippen LogP contribution in [0, 0.1) is 0 Å². The molecule has 0 unspecified atom stereocenters. The van der Waals surface area contributed by atoms with Crippen molar-refractivity contribution in [1.29, 1.82) is 0 Å². The average molecular weight is 191 g/mol. The molecule has 0 aromatic heterocycles. The fourth-order valence-electron chi connectivity index (χ4n) is 0.907. The summed E-state index contributed by atoms with van der Waals surface area (Å²) in [5, 5.41) is 8.90. The van der Waals surface area contributed by atoms with Gasteiger partial charge in [-0.3, -0.25) is 0 Å². The van der Waals surface area contributed by atoms with Crippen molar-refractivity contribution in [2.75, 3.05) is 0 Å². The monoisotopic (exact) mass is 191 g/mol. The van der Waals surface area contributed by atoms with Gasteiger partial charge in [-0.1, -0.05) is 12.1 Å². The maximum atomic E-state index is 12.1. The molecule has 1 rings (SSSR count). The molecular weight excluding hydrogens is 183 g/mol. The van der Waals surface area contributed by atoms with Crippen LogP contribution in [0.1, 0.15) is 11.6 Å². The summed E-state index contributed by atoms with van der Waals surface area (Å²) < 4.78 is 36.2. The highest BCUT2D eigenvalue weighted by Crippen LogP contribution is 2.31. The van der Waals surface area contributed by atoms with Gasteiger partial charge in [0.25, 0.3) is 0 Å². The Morgan fingerprint density at radius 3 is 2.38 bits per heavy atom. The van der Waals surface area contributed by atoms with Gasteiger partial charge in [0.2, 0.25) is 0 Å². The largest absolute Gasteiger partial charge is 0.508 e. The molecule has 0 fully saturated rings. The molecule has 0 saturated heterocycles. The van der Waals surface area contributed by atoms with Crippen molar-refractivity contribution >= 4 is 0 Å². The van der Waals surface area contributed by atoms with Crippen LogP contribution in [0.5, 0.6) is 5.75 Å². The van der Waals surface area contributed by atoms with Crippen LogP contribution in [0.15, 0.2) is 24.3 Å². The first-order valence-electron chi connectivity index (χ1n) is 3.52. The number of rotatable bonds is 1. The highest BCUT2D eigenvalue weighted by Gasteiger charge is 2.37. The van der Waals surface area contributed by atoms with Crippen molar-refractivity contribution in [3.63, 3.8) is 0 Å². The lowest BCUT2D eigenvalue weighted by atomic mass is 10.1. The number of hydrogen-bond acceptors (Lipinski definition) is 2. The number of nitrogens with two attached hydrogens (primary N) is 1. The van der Waals surface area contributed by atoms with Crippen LogP contribution in [0.3, 0.4) is 0 Å². The number of phenols is 1. The van der Waals surface area contributed by atoms with E-state index in [1.54, 1.807) is 0 Å². The minimum Gasteiger partial charge on any atom is -0.508 e. The van der Waals surface area contributed by atoms with E-state index in [-0.39, 0.29) is 11.3 Å². The zero-order valence-corrected chi connectivity index (χ0v) is 6.55. The molecular formula is C8H8F3NO. The Labute approximate surface area is 72.8 Å². The van der Waals surface area contributed by atoms with Crippen molar-refractivity contribution in [3.8, 4) is 5.75 Å². The second kappa shape index (κ2) is 3.26. The van der Waals surface area contributed by atoms with Gasteiger partial charge in [0.1, 0.15) is 11.8 Å². The molecule has 0 radical (unpaired) electrons. The Morgan fingerprint density at radius 1 is 1.31 bits per heavy atom. The van der Waals surface area contributed by atoms with E-state index in [2.05, 4.69) is 0 Å². The summed E-state index contributed by atoms with van der Waals surface area (Å²) in [6.07, 6.45) is -4.48. The number of hydrogen-bond donors (Lipinski definition) is 2. The predicted molar refractivity (Wildman–Crippen MR) is 41.1 cm³/mol. The molecule has 1 aromatic rings. The third-order valence-corrected chi connectivity index (χ3v) is 1.58. The van der Waals surface area contributed by atoms with Crippen molar-refractivity contribution in [1.82, 2.24) is 0 Å². The quantitative estimate of drug-likeness (QED) is 0.712. The van der Waals surface area contributed by atoms with E-state index in [9.17, 15) is 13.2 Å². The zero-order chi connectivity index (χ0) is 10.1. The average Bonchev–Trinajstić information content (AvgIpc) is 2.01. The topological polar surface area (TPSA) is 46.2 Å². The van der Waals surface area contributed by atoms with Crippen molar-refractivity contribution in [2.24, 2.45) is 5.73 Å². The van der Waals surface area contributed by atoms with Gasteiger partial charge in [-0.2, -0.15) is 13.2 Å². The highest BCUT2D eigenvalue weighted by atomic mass is 19.4. The van der Waals surface area contributed by atoms with Crippen molar-refractivity contribution < 1.29 is 18.3 Å². The summed E-state index contributed by atoms with van der Waals surface area (Å²) >= 11 is 0. The van der Waals surface area contributed by atoms with Crippen molar-refractivity contribution in [3.05, 3.63) is 29.8 Å². The number of halogens is 3. The lowest BCUT2D eigenvalue weighted by Crippen LogP contribution is -2.28. The third kappa shape index (κ3) is 2.35. The summed E-state index contributed by atoms with van der Waals surface area (Å²) in [4.78, 5) is 0. The lowest BCUT2D eigenvalue weighted by Gasteiger charge is -2.15. The smallest absolute Gasteiger partial charge is 0.407 e. The van der Waals surface area contributed by atoms with Crippen LogP contribution in [0.4, 0.5) is 13.2 Å². The fraction of sp³-hybridized carbons (Fsp3) is 0.250. The van der Waals surface area contributed by atoms with Crippen LogP contribution < -0.4 is 5.73 Å². The first-order valence-corrected chi connectivity index (χ1v) is 3.52. The fourth-order valence-corrected chi connectivity index (χ4v) is 0.907. The van der Waals surface area contributed by atoms with E-state index < -0.39 is 12.2 Å². The summed E-state index contributed by atoms with van der Waals surface area (Å²) in [7, 11) is 0. The number of aromatic hydroxyl groups is 1. The molecule has 3 N–H and O–H groups in total. The Bertz CT molecular complexity index is 298. The lowest BCUT2D eigenvalue weighted by molar-refractivity contribution is -0.149. The molecule has 2 nitrogen and oxygen atoms in total. The molecule has 0 aliphatic carbocycles. The summed E-state index contributed by atoms with van der Waals surface area (Å²) in [6.45, 7) is 0. The Hall–Kier alpha value is -1.23. The van der Waals surface area contributed by atoms with Gasteiger partial charge in [-0.05, 0) is 17.7 Å². The van der Waals surface area contributed by atoms with Crippen LogP contribution in [0.25, 0.3) is 0 Å². The molecule has 0 spiro atoms. The standard InChI is InChI=1S/C8H8F3NO/c9-8(10,11)7(12)5-2-1-3-6(13)4-5/h1-4,7,13H,12H2/t7-/m1/s1. The third-order valence-electron chi connectivity index (χ3n) is 1.58. The van der Waals surface area contributed by atoms with Gasteiger partial charge in [0, 0.05) is 0 Å². The maximum absolute atomic E-state index is 12.1. The Kier molecular flexibility index (Phi) is 2.47. The van der Waals surface area contributed by atoms with Crippen LogP contribution in [-0.2, 0) is 0 Å². The molecule has 13 heavy (non-hydrogen) atoms. The summed E-state index contributed by atoms with van der Waals surface area (Å²) in [5.74, 6) is -0.225. The molecule has 0 aliphatic rings. The molecule has 0 amide bonds. The van der Waals surface area contributed by atoms with Gasteiger partial charge >= 0.3 is 6.18 Å². The van der Waals surface area contributed by atoms with Gasteiger partial charge < -0.3 is 10.8 Å². The molecule has 0 saturated carbocycles. The number of alkyl halides is 3. The molecule has 0 heterocycles. The first-order chi connectivity index (χ1) is 5.91. The van der Waals surface area contributed by atoms with Crippen LogP contribution in [0.2, 0.25) is 0 Å². The van der Waals surface area contributed by atoms with E-state index in [0.29, 0.717) is 0 Å². The molecule has 1 atom stereocenters. The first kappa shape index (κ1) is 9.85. The van der Waals surface area contributed by atoms with Gasteiger partial charge in [-0.15, -0.1) is 0 Å². The van der Waals surface area contributed by atoms with Gasteiger partial charge in [0.05, 0.1) is 0 Å². The number of phenolic OH excluding ortho intramolecular Hbond substituents is 1. The molecule has 5 heteroatoms. The molecule has 0 aliphatic heterocycles. The second-order valence-corrected chi connectivity index (χ2v) is 2.61. The zero-order valence-electron chi connectivity index (χ0n) is 6.55. The Morgan fingerprint density at radius 2 is 1.92 bits per heavy atom. The van der Waals surface area contributed by atoms with Gasteiger partial charge in [-0.25, -0.2) is 0 Å². The summed E-state index contributed by atoms with van der Waals surface area (Å²) in [6, 6.07) is 2.78. The van der Waals surface area contributed by atoms with E-state index in [1.807, 2.05) is 0 Å². The molecule has 1 aromatic carbocycles. The minimum atomic E-state index is -4.48. The maximum Gasteiger partial charge on any atom is 0.407 e. The van der Waals surface area contributed by atoms with E-state index >= 15 is 0 Å². The van der Waals surface area contributed by atoms with E-state index in [4.69, 9.17) is 10.8 Å². The molecule has 0 bridgehead atoms. The summed E-state index contributed by atoms with van der Waals surface area (Å²) in [5.41, 5.74) is 4.76. The van der Waals surface area contributed by atoms with E-state index in [0.717, 1.165) is 6.07 Å². The van der Waals surface area contributed by atoms with Crippen molar-refractivity contribution in [2.45, 2.75) is 12.2 Å².